The summed E-state index contributed by atoms with van der Waals surface area (Å²) in [5.74, 6) is 0. The van der Waals surface area contributed by atoms with E-state index in [1.54, 1.807) is 0 Å². The molecule has 3 atom stereocenters. The lowest BCUT2D eigenvalue weighted by Gasteiger charge is -2.39. The number of likely N-dealkylation sites (N-methyl/N-ethyl adjacent to an activating group) is 1. The van der Waals surface area contributed by atoms with Gasteiger partial charge < -0.3 is 5.11 Å². The van der Waals surface area contributed by atoms with E-state index in [2.05, 4.69) is 48.4 Å². The lowest BCUT2D eigenvalue weighted by atomic mass is 9.90. The number of rotatable bonds is 5. The molecule has 0 aliphatic carbocycles. The maximum atomic E-state index is 10.5. The van der Waals surface area contributed by atoms with Gasteiger partial charge in [-0.3, -0.25) is 4.90 Å². The van der Waals surface area contributed by atoms with E-state index in [-0.39, 0.29) is 6.10 Å². The fourth-order valence-corrected chi connectivity index (χ4v) is 3.61. The first kappa shape index (κ1) is 16.9. The van der Waals surface area contributed by atoms with E-state index in [1.165, 1.54) is 18.4 Å². The highest BCUT2D eigenvalue weighted by Crippen LogP contribution is 2.29. The lowest BCUT2D eigenvalue weighted by Crippen LogP contribution is -2.43. The Labute approximate surface area is 145 Å². The van der Waals surface area contributed by atoms with E-state index in [0.717, 1.165) is 18.4 Å². The predicted octanol–water partition coefficient (Wildman–Crippen LogP) is 4.68. The molecule has 0 unspecified atom stereocenters. The van der Waals surface area contributed by atoms with Crippen molar-refractivity contribution >= 4 is 6.08 Å². The van der Waals surface area contributed by atoms with Gasteiger partial charge in [-0.05, 0) is 37.4 Å². The average Bonchev–Trinajstić information content (AvgIpc) is 2.64. The lowest BCUT2D eigenvalue weighted by molar-refractivity contribution is 0.0762. The fourth-order valence-electron chi connectivity index (χ4n) is 3.61. The van der Waals surface area contributed by atoms with Gasteiger partial charge >= 0.3 is 0 Å². The molecular weight excluding hydrogens is 294 g/mol. The average molecular weight is 321 g/mol. The molecule has 0 bridgehead atoms. The molecule has 0 aromatic heterocycles. The van der Waals surface area contributed by atoms with Crippen LogP contribution in [-0.2, 0) is 0 Å². The summed E-state index contributed by atoms with van der Waals surface area (Å²) in [4.78, 5) is 2.44. The minimum atomic E-state index is -0.379. The van der Waals surface area contributed by atoms with Gasteiger partial charge in [-0.1, -0.05) is 79.2 Å². The van der Waals surface area contributed by atoms with Gasteiger partial charge in [-0.15, -0.1) is 0 Å². The van der Waals surface area contributed by atoms with Crippen molar-refractivity contribution in [3.63, 3.8) is 0 Å². The second-order valence-corrected chi connectivity index (χ2v) is 6.75. The summed E-state index contributed by atoms with van der Waals surface area (Å²) in [6.45, 7) is 0. The molecule has 2 heteroatoms. The van der Waals surface area contributed by atoms with Gasteiger partial charge in [0.2, 0.25) is 0 Å². The highest BCUT2D eigenvalue weighted by molar-refractivity contribution is 5.49. The SMILES string of the molecule is CN1[C@H](C[C@@H](O)c2ccccc2)CCC[C@@H]1/C=C/c1ccccc1. The number of aliphatic hydroxyl groups is 1. The van der Waals surface area contributed by atoms with Gasteiger partial charge in [0.1, 0.15) is 0 Å². The summed E-state index contributed by atoms with van der Waals surface area (Å²) in [5.41, 5.74) is 2.27. The third kappa shape index (κ3) is 4.34. The second-order valence-electron chi connectivity index (χ2n) is 6.75. The third-order valence-electron chi connectivity index (χ3n) is 5.13. The van der Waals surface area contributed by atoms with E-state index < -0.39 is 0 Å². The number of piperidine rings is 1. The van der Waals surface area contributed by atoms with Crippen molar-refractivity contribution in [1.29, 1.82) is 0 Å². The second kappa shape index (κ2) is 8.27. The highest BCUT2D eigenvalue weighted by atomic mass is 16.3. The Balaban J connectivity index is 1.62. The molecule has 0 amide bonds. The van der Waals surface area contributed by atoms with Crippen LogP contribution in [0.2, 0.25) is 0 Å². The molecule has 1 N–H and O–H groups in total. The summed E-state index contributed by atoms with van der Waals surface area (Å²) in [7, 11) is 2.20. The molecule has 2 nitrogen and oxygen atoms in total. The van der Waals surface area contributed by atoms with Crippen molar-refractivity contribution in [3.8, 4) is 0 Å². The van der Waals surface area contributed by atoms with Crippen LogP contribution in [0.5, 0.6) is 0 Å². The van der Waals surface area contributed by atoms with Gasteiger partial charge in [0.15, 0.2) is 0 Å². The standard InChI is InChI=1S/C22H27NO/c1-23-20(16-15-18-9-4-2-5-10-18)13-8-14-21(23)17-22(24)19-11-6-3-7-12-19/h2-7,9-12,15-16,20-22,24H,8,13-14,17H2,1H3/b16-15+/t20-,21+,22-/m1/s1. The van der Waals surface area contributed by atoms with Gasteiger partial charge in [0.05, 0.1) is 6.10 Å². The molecule has 24 heavy (non-hydrogen) atoms. The molecule has 0 radical (unpaired) electrons. The van der Waals surface area contributed by atoms with Crippen LogP contribution < -0.4 is 0 Å². The smallest absolute Gasteiger partial charge is 0.0805 e. The van der Waals surface area contributed by atoms with Crippen molar-refractivity contribution in [2.24, 2.45) is 0 Å². The summed E-state index contributed by atoms with van der Waals surface area (Å²) >= 11 is 0. The molecule has 2 aromatic rings. The Bertz CT molecular complexity index is 638. The van der Waals surface area contributed by atoms with E-state index in [9.17, 15) is 5.11 Å². The van der Waals surface area contributed by atoms with Crippen molar-refractivity contribution in [1.82, 2.24) is 4.90 Å². The molecule has 1 aliphatic rings. The van der Waals surface area contributed by atoms with Crippen LogP contribution in [0.1, 0.15) is 42.9 Å². The van der Waals surface area contributed by atoms with Crippen LogP contribution in [0.25, 0.3) is 6.08 Å². The van der Waals surface area contributed by atoms with Gasteiger partial charge in [-0.25, -0.2) is 0 Å². The minimum absolute atomic E-state index is 0.379. The molecule has 0 saturated carbocycles. The van der Waals surface area contributed by atoms with Crippen LogP contribution in [0.3, 0.4) is 0 Å². The number of likely N-dealkylation sites (tertiary alicyclic amines) is 1. The zero-order valence-corrected chi connectivity index (χ0v) is 14.4. The molecule has 1 aliphatic heterocycles. The topological polar surface area (TPSA) is 23.5 Å². The third-order valence-corrected chi connectivity index (χ3v) is 5.13. The van der Waals surface area contributed by atoms with E-state index in [0.29, 0.717) is 12.1 Å². The Morgan fingerprint density at radius 1 is 1.04 bits per heavy atom. The van der Waals surface area contributed by atoms with E-state index in [4.69, 9.17) is 0 Å². The first-order valence-corrected chi connectivity index (χ1v) is 8.92. The fraction of sp³-hybridized carbons (Fsp3) is 0.364. The zero-order valence-electron chi connectivity index (χ0n) is 14.4. The van der Waals surface area contributed by atoms with Gasteiger partial charge in [-0.2, -0.15) is 0 Å². The molecule has 1 saturated heterocycles. The maximum Gasteiger partial charge on any atom is 0.0805 e. The van der Waals surface area contributed by atoms with Crippen LogP contribution >= 0.6 is 0 Å². The Kier molecular flexibility index (Phi) is 5.84. The largest absolute Gasteiger partial charge is 0.388 e. The normalized spacial score (nSPS) is 23.4. The Hall–Kier alpha value is -1.90. The molecule has 1 heterocycles. The minimum Gasteiger partial charge on any atom is -0.388 e. The molecule has 0 spiro atoms. The summed E-state index contributed by atoms with van der Waals surface area (Å²) in [6.07, 6.45) is 8.54. The number of nitrogens with zero attached hydrogens (tertiary/aromatic N) is 1. The summed E-state index contributed by atoms with van der Waals surface area (Å²) in [5, 5.41) is 10.5. The van der Waals surface area contributed by atoms with Crippen molar-refractivity contribution in [2.45, 2.75) is 43.9 Å². The van der Waals surface area contributed by atoms with Crippen LogP contribution in [-0.4, -0.2) is 29.1 Å². The number of hydrogen-bond donors (Lipinski definition) is 1. The number of hydrogen-bond acceptors (Lipinski definition) is 2. The predicted molar refractivity (Wildman–Crippen MR) is 101 cm³/mol. The summed E-state index contributed by atoms with van der Waals surface area (Å²) in [6, 6.07) is 21.4. The zero-order chi connectivity index (χ0) is 16.8. The first-order chi connectivity index (χ1) is 11.7. The first-order valence-electron chi connectivity index (χ1n) is 8.92. The highest BCUT2D eigenvalue weighted by Gasteiger charge is 2.27. The molecule has 3 rings (SSSR count). The quantitative estimate of drug-likeness (QED) is 0.864. The van der Waals surface area contributed by atoms with Crippen molar-refractivity contribution in [2.75, 3.05) is 7.05 Å². The molecule has 2 aromatic carbocycles. The molecular formula is C22H27NO. The maximum absolute atomic E-state index is 10.5. The Morgan fingerprint density at radius 2 is 1.71 bits per heavy atom. The van der Waals surface area contributed by atoms with Crippen molar-refractivity contribution < 1.29 is 5.11 Å². The monoisotopic (exact) mass is 321 g/mol. The van der Waals surface area contributed by atoms with Crippen LogP contribution in [0.15, 0.2) is 66.7 Å². The Morgan fingerprint density at radius 3 is 2.42 bits per heavy atom. The van der Waals surface area contributed by atoms with Gasteiger partial charge in [0.25, 0.3) is 0 Å². The number of aliphatic hydroxyl groups excluding tert-OH is 1. The number of benzene rings is 2. The van der Waals surface area contributed by atoms with Crippen LogP contribution in [0, 0.1) is 0 Å². The van der Waals surface area contributed by atoms with E-state index >= 15 is 0 Å². The molecule has 1 fully saturated rings. The molecule has 126 valence electrons. The van der Waals surface area contributed by atoms with E-state index in [1.807, 2.05) is 36.4 Å². The van der Waals surface area contributed by atoms with Crippen molar-refractivity contribution in [3.05, 3.63) is 77.9 Å². The summed E-state index contributed by atoms with van der Waals surface area (Å²) < 4.78 is 0. The van der Waals surface area contributed by atoms with Crippen LogP contribution in [0.4, 0.5) is 0 Å². The van der Waals surface area contributed by atoms with Gasteiger partial charge in [0, 0.05) is 12.1 Å².